The average molecular weight is 836 g/mol. The molecule has 12 nitrogen and oxygen atoms in total. The van der Waals surface area contributed by atoms with Crippen molar-refractivity contribution >= 4 is 52.3 Å². The Morgan fingerprint density at radius 2 is 1.69 bits per heavy atom. The number of hydrogen-bond acceptors (Lipinski definition) is 9. The molecule has 2 aromatic rings. The summed E-state index contributed by atoms with van der Waals surface area (Å²) in [5.41, 5.74) is -1.95. The number of nitriles is 1. The van der Waals surface area contributed by atoms with E-state index in [2.05, 4.69) is 10.6 Å². The SMILES string of the molecule is CC1(C)C(=O)N(c2ccc(C#N)c(C(F)(F)F)c2)C(=S)N1[C@H]1CC[C@H](OCCN2CCN(CC(=O)Nc3ccc(C4CCC(=O)NC4=O)cc3)[C@@H](C(F)(F)F)C2)CC1. The molecule has 19 heteroatoms. The molecular weight excluding hydrogens is 793 g/mol. The van der Waals surface area contributed by atoms with E-state index in [0.717, 1.165) is 21.9 Å². The predicted octanol–water partition coefficient (Wildman–Crippen LogP) is 5.32. The molecular formula is C39H43F6N7O5S. The van der Waals surface area contributed by atoms with Gasteiger partial charge in [-0.15, -0.1) is 0 Å². The van der Waals surface area contributed by atoms with Crippen molar-refractivity contribution < 1.29 is 50.3 Å². The Balaban J connectivity index is 0.970. The predicted molar refractivity (Wildman–Crippen MR) is 202 cm³/mol. The van der Waals surface area contributed by atoms with Crippen LogP contribution >= 0.6 is 12.2 Å². The zero-order valence-electron chi connectivity index (χ0n) is 31.8. The number of amides is 4. The number of halogens is 6. The van der Waals surface area contributed by atoms with Gasteiger partial charge < -0.3 is 15.0 Å². The lowest BCUT2D eigenvalue weighted by molar-refractivity contribution is -0.197. The first-order valence-electron chi connectivity index (χ1n) is 19.0. The van der Waals surface area contributed by atoms with E-state index >= 15 is 0 Å². The Morgan fingerprint density at radius 1 is 1.00 bits per heavy atom. The van der Waals surface area contributed by atoms with Crippen LogP contribution in [0.1, 0.15) is 75.0 Å². The van der Waals surface area contributed by atoms with Crippen LogP contribution in [-0.2, 0) is 30.1 Å². The summed E-state index contributed by atoms with van der Waals surface area (Å²) in [6.07, 6.45) is -6.80. The number of benzene rings is 2. The molecule has 4 amide bonds. The van der Waals surface area contributed by atoms with Gasteiger partial charge in [0.1, 0.15) is 11.6 Å². The number of thiocarbonyl (C=S) groups is 1. The fourth-order valence-corrected chi connectivity index (χ4v) is 8.81. The molecule has 4 fully saturated rings. The van der Waals surface area contributed by atoms with Gasteiger partial charge in [0, 0.05) is 44.3 Å². The number of carbonyl (C=O) groups excluding carboxylic acids is 4. The lowest BCUT2D eigenvalue weighted by atomic mass is 9.89. The van der Waals surface area contributed by atoms with E-state index in [1.165, 1.54) is 12.1 Å². The maximum Gasteiger partial charge on any atom is 0.417 e. The van der Waals surface area contributed by atoms with Gasteiger partial charge in [0.2, 0.25) is 17.7 Å². The zero-order chi connectivity index (χ0) is 42.2. The molecule has 2 N–H and O–H groups in total. The number of rotatable bonds is 10. The van der Waals surface area contributed by atoms with E-state index in [9.17, 15) is 50.8 Å². The van der Waals surface area contributed by atoms with Crippen molar-refractivity contribution in [1.29, 1.82) is 5.26 Å². The van der Waals surface area contributed by atoms with Crippen molar-refractivity contribution in [3.8, 4) is 6.07 Å². The number of nitrogens with one attached hydrogen (secondary N) is 2. The van der Waals surface area contributed by atoms with Crippen molar-refractivity contribution in [2.75, 3.05) is 49.5 Å². The molecule has 3 saturated heterocycles. The van der Waals surface area contributed by atoms with Crippen LogP contribution in [-0.4, -0.2) is 113 Å². The van der Waals surface area contributed by atoms with Crippen molar-refractivity contribution in [3.63, 3.8) is 0 Å². The number of alkyl halides is 6. The molecule has 2 atom stereocenters. The van der Waals surface area contributed by atoms with Crippen molar-refractivity contribution in [1.82, 2.24) is 20.0 Å². The van der Waals surface area contributed by atoms with Crippen molar-refractivity contribution in [3.05, 3.63) is 59.2 Å². The highest BCUT2D eigenvalue weighted by atomic mass is 32.1. The summed E-state index contributed by atoms with van der Waals surface area (Å²) >= 11 is 5.67. The molecule has 312 valence electrons. The highest BCUT2D eigenvalue weighted by molar-refractivity contribution is 7.80. The lowest BCUT2D eigenvalue weighted by Gasteiger charge is -2.42. The Morgan fingerprint density at radius 3 is 2.31 bits per heavy atom. The van der Waals surface area contributed by atoms with Gasteiger partial charge in [-0.05, 0) is 94.1 Å². The average Bonchev–Trinajstić information content (AvgIpc) is 3.33. The molecule has 0 aromatic heterocycles. The summed E-state index contributed by atoms with van der Waals surface area (Å²) in [5.74, 6) is -2.35. The van der Waals surface area contributed by atoms with E-state index in [-0.39, 0.29) is 68.1 Å². The highest BCUT2D eigenvalue weighted by Gasteiger charge is 2.53. The second-order valence-corrected chi connectivity index (χ2v) is 15.9. The molecule has 3 heterocycles. The first-order chi connectivity index (χ1) is 27.3. The Labute approximate surface area is 336 Å². The number of hydrogen-bond donors (Lipinski definition) is 2. The van der Waals surface area contributed by atoms with Crippen molar-refractivity contribution in [2.24, 2.45) is 0 Å². The minimum Gasteiger partial charge on any atom is -0.377 e. The summed E-state index contributed by atoms with van der Waals surface area (Å²) in [6, 6.07) is 8.90. The fraction of sp³-hybridized carbons (Fsp3) is 0.538. The minimum atomic E-state index is -4.81. The topological polar surface area (TPSA) is 138 Å². The molecule has 3 aliphatic heterocycles. The van der Waals surface area contributed by atoms with Gasteiger partial charge in [0.25, 0.3) is 5.91 Å². The van der Waals surface area contributed by atoms with Crippen LogP contribution in [0.5, 0.6) is 0 Å². The van der Waals surface area contributed by atoms with Crippen LogP contribution in [0.2, 0.25) is 0 Å². The zero-order valence-corrected chi connectivity index (χ0v) is 32.6. The smallest absolute Gasteiger partial charge is 0.377 e. The van der Waals surface area contributed by atoms with E-state index < -0.39 is 65.2 Å². The van der Waals surface area contributed by atoms with E-state index in [1.807, 2.05) is 0 Å². The largest absolute Gasteiger partial charge is 0.417 e. The number of nitrogens with zero attached hydrogens (tertiary/aromatic N) is 5. The third-order valence-corrected chi connectivity index (χ3v) is 11.7. The summed E-state index contributed by atoms with van der Waals surface area (Å²) < 4.78 is 89.9. The van der Waals surface area contributed by atoms with Gasteiger partial charge in [0.05, 0.1) is 48.1 Å². The van der Waals surface area contributed by atoms with Gasteiger partial charge >= 0.3 is 12.4 Å². The minimum absolute atomic E-state index is 0.00158. The molecule has 0 spiro atoms. The van der Waals surface area contributed by atoms with Gasteiger partial charge in [0.15, 0.2) is 5.11 Å². The fourth-order valence-electron chi connectivity index (χ4n) is 8.25. The third-order valence-electron chi connectivity index (χ3n) is 11.3. The molecule has 1 aliphatic carbocycles. The van der Waals surface area contributed by atoms with Crippen LogP contribution in [0, 0.1) is 11.3 Å². The standard InChI is InChI=1S/C39H43F6N7O5S/c1-37(2)35(56)51(27-8-5-24(20-46)30(19-27)38(40,41)42)36(58)52(37)26-9-11-28(12-10-26)57-18-17-49-15-16-50(31(21-49)39(43,44)45)22-33(54)47-25-6-3-23(4-7-25)29-13-14-32(53)48-34(29)55/h3-8,19,26,28-29,31H,9-18,21-22H2,1-2H3,(H,47,54)(H,48,53,55)/t26-,28-,29?,31-/m1/s1. The van der Waals surface area contributed by atoms with Crippen LogP contribution in [0.4, 0.5) is 37.7 Å². The number of piperazine rings is 1. The number of anilines is 2. The summed E-state index contributed by atoms with van der Waals surface area (Å²) in [7, 11) is 0. The molecule has 0 radical (unpaired) electrons. The van der Waals surface area contributed by atoms with E-state index in [4.69, 9.17) is 17.0 Å². The Kier molecular flexibility index (Phi) is 12.5. The quantitative estimate of drug-likeness (QED) is 0.184. The van der Waals surface area contributed by atoms with Crippen LogP contribution in [0.25, 0.3) is 0 Å². The number of piperidine rings is 1. The lowest BCUT2D eigenvalue weighted by Crippen LogP contribution is -2.60. The number of ether oxygens (including phenoxy) is 1. The molecule has 6 rings (SSSR count). The third kappa shape index (κ3) is 9.30. The van der Waals surface area contributed by atoms with Gasteiger partial charge in [-0.25, -0.2) is 0 Å². The molecule has 2 aromatic carbocycles. The molecule has 1 saturated carbocycles. The first-order valence-corrected chi connectivity index (χ1v) is 19.4. The molecule has 0 bridgehead atoms. The molecule has 1 unspecified atom stereocenters. The van der Waals surface area contributed by atoms with Crippen molar-refractivity contribution in [2.45, 2.75) is 94.4 Å². The van der Waals surface area contributed by atoms with Crippen LogP contribution in [0.15, 0.2) is 42.5 Å². The second-order valence-electron chi connectivity index (χ2n) is 15.5. The normalized spacial score (nSPS) is 24.8. The van der Waals surface area contributed by atoms with Gasteiger partial charge in [-0.1, -0.05) is 12.1 Å². The Bertz CT molecular complexity index is 1960. The summed E-state index contributed by atoms with van der Waals surface area (Å²) in [6.45, 7) is 3.19. The number of imide groups is 1. The monoisotopic (exact) mass is 835 g/mol. The Hall–Kier alpha value is -4.64. The summed E-state index contributed by atoms with van der Waals surface area (Å²) in [4.78, 5) is 55.6. The van der Waals surface area contributed by atoms with Crippen LogP contribution < -0.4 is 15.5 Å². The first kappa shape index (κ1) is 43.0. The molecule has 4 aliphatic rings. The summed E-state index contributed by atoms with van der Waals surface area (Å²) in [5, 5.41) is 14.2. The highest BCUT2D eigenvalue weighted by Crippen LogP contribution is 2.41. The maximum atomic E-state index is 14.2. The van der Waals surface area contributed by atoms with Crippen LogP contribution in [0.3, 0.4) is 0 Å². The van der Waals surface area contributed by atoms with Gasteiger partial charge in [-0.3, -0.25) is 39.2 Å². The number of carbonyl (C=O) groups is 4. The maximum absolute atomic E-state index is 14.2. The van der Waals surface area contributed by atoms with E-state index in [1.54, 1.807) is 47.9 Å². The van der Waals surface area contributed by atoms with E-state index in [0.29, 0.717) is 43.4 Å². The van der Waals surface area contributed by atoms with Gasteiger partial charge in [-0.2, -0.15) is 31.6 Å². The molecule has 58 heavy (non-hydrogen) atoms. The second kappa shape index (κ2) is 16.9.